The van der Waals surface area contributed by atoms with Crippen LogP contribution in [0.2, 0.25) is 0 Å². The molecule has 0 spiro atoms. The Balaban J connectivity index is 0.000000302. The molecule has 3 aromatic heterocycles. The summed E-state index contributed by atoms with van der Waals surface area (Å²) >= 11 is 1.88. The number of furan rings is 1. The van der Waals surface area contributed by atoms with Crippen LogP contribution in [0, 0.1) is 13.8 Å². The van der Waals surface area contributed by atoms with Gasteiger partial charge in [0.1, 0.15) is 11.5 Å². The predicted octanol–water partition coefficient (Wildman–Crippen LogP) is 3.00. The van der Waals surface area contributed by atoms with Crippen molar-refractivity contribution in [3.05, 3.63) is 64.3 Å². The number of aliphatic carboxylic acids is 3. The molecule has 0 amide bonds. The maximum absolute atomic E-state index is 10.3. The Hall–Kier alpha value is -3.48. The number of aromatic nitrogens is 2. The van der Waals surface area contributed by atoms with Gasteiger partial charge >= 0.3 is 17.9 Å². The van der Waals surface area contributed by atoms with E-state index in [4.69, 9.17) is 24.8 Å². The number of nitrogens with zero attached hydrogens (tertiary/aromatic N) is 3. The molecular formula is C24H31N3O8S. The van der Waals surface area contributed by atoms with Crippen LogP contribution >= 0.6 is 11.3 Å². The number of carboxylic acids is 3. The largest absolute Gasteiger partial charge is 0.481 e. The summed E-state index contributed by atoms with van der Waals surface area (Å²) in [7, 11) is 0. The van der Waals surface area contributed by atoms with Crippen LogP contribution in [0.25, 0.3) is 0 Å². The molecule has 12 heteroatoms. The lowest BCUT2D eigenvalue weighted by molar-refractivity contribution is -0.170. The molecule has 0 aromatic carbocycles. The fourth-order valence-electron chi connectivity index (χ4n) is 3.40. The maximum atomic E-state index is 10.3. The Bertz CT molecular complexity index is 1060. The Labute approximate surface area is 212 Å². The summed E-state index contributed by atoms with van der Waals surface area (Å²) in [5.74, 6) is -3.00. The molecule has 36 heavy (non-hydrogen) atoms. The molecule has 0 aliphatic heterocycles. The smallest absolute Gasteiger partial charge is 0.336 e. The van der Waals surface area contributed by atoms with Gasteiger partial charge in [0.2, 0.25) is 0 Å². The second-order valence-corrected chi connectivity index (χ2v) is 9.74. The van der Waals surface area contributed by atoms with E-state index in [9.17, 15) is 14.4 Å². The quantitative estimate of drug-likeness (QED) is 0.262. The van der Waals surface area contributed by atoms with E-state index in [1.165, 1.54) is 9.75 Å². The molecule has 0 aliphatic rings. The second kappa shape index (κ2) is 13.6. The van der Waals surface area contributed by atoms with Crippen LogP contribution in [0.1, 0.15) is 40.5 Å². The molecule has 0 aliphatic carbocycles. The van der Waals surface area contributed by atoms with Gasteiger partial charge in [-0.25, -0.2) is 9.78 Å². The average molecular weight is 522 g/mol. The lowest BCUT2D eigenvalue weighted by Crippen LogP contribution is -2.42. The minimum Gasteiger partial charge on any atom is -0.481 e. The second-order valence-electron chi connectivity index (χ2n) is 8.37. The van der Waals surface area contributed by atoms with Crippen LogP contribution in [-0.2, 0) is 34.0 Å². The van der Waals surface area contributed by atoms with E-state index in [0.717, 1.165) is 44.1 Å². The number of carbonyl (C=O) groups is 3. The van der Waals surface area contributed by atoms with Crippen molar-refractivity contribution in [1.82, 2.24) is 14.5 Å². The molecule has 4 N–H and O–H groups in total. The molecule has 0 atom stereocenters. The highest BCUT2D eigenvalue weighted by atomic mass is 32.1. The summed E-state index contributed by atoms with van der Waals surface area (Å²) in [5, 5.41) is 33.8. The first-order valence-electron chi connectivity index (χ1n) is 11.1. The first kappa shape index (κ1) is 28.8. The summed E-state index contributed by atoms with van der Waals surface area (Å²) < 4.78 is 7.89. The molecule has 0 saturated carbocycles. The van der Waals surface area contributed by atoms with Gasteiger partial charge in [-0.2, -0.15) is 0 Å². The van der Waals surface area contributed by atoms with E-state index in [0.29, 0.717) is 0 Å². The van der Waals surface area contributed by atoms with Crippen molar-refractivity contribution < 1.29 is 39.2 Å². The lowest BCUT2D eigenvalue weighted by Gasteiger charge is -2.20. The molecule has 3 heterocycles. The zero-order valence-corrected chi connectivity index (χ0v) is 21.0. The Morgan fingerprint density at radius 3 is 2.22 bits per heavy atom. The minimum absolute atomic E-state index is 0.856. The average Bonchev–Trinajstić information content (AvgIpc) is 3.51. The standard InChI is InChI=1S/C18H23N3OS.C6H8O7/c1-15-4-6-17(22-15)12-21(13-18-7-5-16(2)23-18)10-3-9-20-11-8-19-14-20;7-3(8)1-6(13,5(11)12)2-4(9)10/h4-8,11,14H,3,9-10,12-13H2,1-2H3;13H,1-2H2,(H,7,8)(H,9,10)(H,11,12). The van der Waals surface area contributed by atoms with Crippen molar-refractivity contribution in [2.24, 2.45) is 0 Å². The molecular weight excluding hydrogens is 490 g/mol. The third-order valence-corrected chi connectivity index (χ3v) is 6.07. The van der Waals surface area contributed by atoms with Gasteiger partial charge in [-0.05, 0) is 44.5 Å². The van der Waals surface area contributed by atoms with Gasteiger partial charge in [-0.1, -0.05) is 0 Å². The highest BCUT2D eigenvalue weighted by Crippen LogP contribution is 2.19. The molecule has 0 saturated heterocycles. The third kappa shape index (κ3) is 10.0. The number of hydrogen-bond donors (Lipinski definition) is 4. The van der Waals surface area contributed by atoms with Crippen LogP contribution in [0.5, 0.6) is 0 Å². The van der Waals surface area contributed by atoms with Gasteiger partial charge < -0.3 is 29.4 Å². The Morgan fingerprint density at radius 1 is 1.06 bits per heavy atom. The number of carboxylic acid groups (broad SMARTS) is 3. The summed E-state index contributed by atoms with van der Waals surface area (Å²) in [6.45, 7) is 8.02. The van der Waals surface area contributed by atoms with E-state index in [2.05, 4.69) is 39.6 Å². The third-order valence-electron chi connectivity index (χ3n) is 5.09. The number of hydrogen-bond acceptors (Lipinski definition) is 8. The normalized spacial score (nSPS) is 11.2. The monoisotopic (exact) mass is 521 g/mol. The van der Waals surface area contributed by atoms with Gasteiger partial charge in [0.15, 0.2) is 5.60 Å². The number of aryl methyl sites for hydroxylation is 3. The number of aliphatic hydroxyl groups is 1. The zero-order valence-electron chi connectivity index (χ0n) is 20.2. The van der Waals surface area contributed by atoms with Gasteiger partial charge in [0.25, 0.3) is 0 Å². The van der Waals surface area contributed by atoms with E-state index < -0.39 is 36.4 Å². The predicted molar refractivity (Wildman–Crippen MR) is 131 cm³/mol. The number of rotatable bonds is 13. The molecule has 0 radical (unpaired) electrons. The van der Waals surface area contributed by atoms with Crippen molar-refractivity contribution in [2.75, 3.05) is 6.54 Å². The summed E-state index contributed by atoms with van der Waals surface area (Å²) in [6.07, 6.45) is 4.53. The molecule has 3 rings (SSSR count). The van der Waals surface area contributed by atoms with Crippen molar-refractivity contribution in [3.63, 3.8) is 0 Å². The summed E-state index contributed by atoms with van der Waals surface area (Å²) in [6, 6.07) is 8.54. The maximum Gasteiger partial charge on any atom is 0.336 e. The first-order chi connectivity index (χ1) is 17.0. The van der Waals surface area contributed by atoms with Crippen LogP contribution in [-0.4, -0.2) is 64.9 Å². The molecule has 11 nitrogen and oxygen atoms in total. The van der Waals surface area contributed by atoms with Gasteiger partial charge in [0, 0.05) is 41.8 Å². The van der Waals surface area contributed by atoms with Gasteiger partial charge in [-0.15, -0.1) is 11.3 Å². The summed E-state index contributed by atoms with van der Waals surface area (Å²) in [4.78, 5) is 39.8. The summed E-state index contributed by atoms with van der Waals surface area (Å²) in [5.41, 5.74) is -2.74. The van der Waals surface area contributed by atoms with Crippen LogP contribution in [0.15, 0.2) is 47.4 Å². The van der Waals surface area contributed by atoms with E-state index in [1.807, 2.05) is 43.0 Å². The minimum atomic E-state index is -2.74. The molecule has 0 bridgehead atoms. The first-order valence-corrected chi connectivity index (χ1v) is 12.0. The van der Waals surface area contributed by atoms with Gasteiger partial charge in [-0.3, -0.25) is 14.5 Å². The van der Waals surface area contributed by atoms with Gasteiger partial charge in [0.05, 0.1) is 25.7 Å². The van der Waals surface area contributed by atoms with Crippen LogP contribution in [0.4, 0.5) is 0 Å². The fourth-order valence-corrected chi connectivity index (χ4v) is 4.34. The van der Waals surface area contributed by atoms with E-state index in [-0.39, 0.29) is 0 Å². The SMILES string of the molecule is Cc1ccc(CN(CCCn2ccnc2)Cc2ccc(C)s2)o1.O=C(O)CC(O)(CC(=O)O)C(=O)O. The molecule has 3 aromatic rings. The number of imidazole rings is 1. The lowest BCUT2D eigenvalue weighted by atomic mass is 9.96. The van der Waals surface area contributed by atoms with E-state index >= 15 is 0 Å². The fraction of sp³-hybridized carbons (Fsp3) is 0.417. The van der Waals surface area contributed by atoms with E-state index in [1.54, 1.807) is 0 Å². The highest BCUT2D eigenvalue weighted by Gasteiger charge is 2.40. The van der Waals surface area contributed by atoms with Crippen molar-refractivity contribution in [3.8, 4) is 0 Å². The Kier molecular flexibility index (Phi) is 10.8. The topological polar surface area (TPSA) is 166 Å². The zero-order chi connectivity index (χ0) is 26.7. The van der Waals surface area contributed by atoms with Crippen molar-refractivity contribution >= 4 is 29.2 Å². The molecule has 0 unspecified atom stereocenters. The Morgan fingerprint density at radius 2 is 1.75 bits per heavy atom. The van der Waals surface area contributed by atoms with Crippen LogP contribution in [0.3, 0.4) is 0 Å². The molecule has 196 valence electrons. The molecule has 0 fully saturated rings. The van der Waals surface area contributed by atoms with Crippen molar-refractivity contribution in [1.29, 1.82) is 0 Å². The van der Waals surface area contributed by atoms with Crippen molar-refractivity contribution in [2.45, 2.75) is 58.3 Å². The number of thiophene rings is 1. The highest BCUT2D eigenvalue weighted by molar-refractivity contribution is 7.11. The van der Waals surface area contributed by atoms with Crippen LogP contribution < -0.4 is 0 Å².